The van der Waals surface area contributed by atoms with Crippen LogP contribution in [0.25, 0.3) is 0 Å². The van der Waals surface area contributed by atoms with Crippen LogP contribution in [0.5, 0.6) is 0 Å². The van der Waals surface area contributed by atoms with Gasteiger partial charge in [0.2, 0.25) is 0 Å². The first-order valence-corrected chi connectivity index (χ1v) is 5.85. The van der Waals surface area contributed by atoms with E-state index >= 15 is 0 Å². The second-order valence-electron chi connectivity index (χ2n) is 3.40. The van der Waals surface area contributed by atoms with Crippen molar-refractivity contribution in [1.82, 2.24) is 4.98 Å². The van der Waals surface area contributed by atoms with Crippen LogP contribution < -0.4 is 0 Å². The summed E-state index contributed by atoms with van der Waals surface area (Å²) < 4.78 is 68.1. The number of rotatable bonds is 3. The predicted molar refractivity (Wildman–Crippen MR) is 62.6 cm³/mol. The topological polar surface area (TPSA) is 39.2 Å². The standard InChI is InChI=1S/C10H7F5INO2/c1-19-6(18)2-4-5(16)3-17-8(9(11)12)7(4)10(13,14)15/h3,9H,2H2,1H3. The van der Waals surface area contributed by atoms with E-state index in [1.165, 1.54) is 22.6 Å². The van der Waals surface area contributed by atoms with Gasteiger partial charge in [0, 0.05) is 9.77 Å². The highest BCUT2D eigenvalue weighted by Crippen LogP contribution is 2.39. The van der Waals surface area contributed by atoms with E-state index in [1.54, 1.807) is 0 Å². The third-order valence-corrected chi connectivity index (χ3v) is 3.13. The first kappa shape index (κ1) is 16.1. The maximum absolute atomic E-state index is 12.9. The van der Waals surface area contributed by atoms with E-state index in [2.05, 4.69) is 9.72 Å². The molecule has 0 aliphatic heterocycles. The Morgan fingerprint density at radius 1 is 1.47 bits per heavy atom. The number of ether oxygens (including phenoxy) is 1. The van der Waals surface area contributed by atoms with Gasteiger partial charge >= 0.3 is 12.1 Å². The maximum Gasteiger partial charge on any atom is 0.418 e. The Balaban J connectivity index is 3.49. The molecule has 0 aromatic carbocycles. The van der Waals surface area contributed by atoms with E-state index < -0.39 is 41.8 Å². The smallest absolute Gasteiger partial charge is 0.418 e. The Kier molecular flexibility index (Phi) is 5.04. The van der Waals surface area contributed by atoms with Crippen molar-refractivity contribution >= 4 is 28.6 Å². The van der Waals surface area contributed by atoms with Gasteiger partial charge in [0.15, 0.2) is 0 Å². The van der Waals surface area contributed by atoms with Gasteiger partial charge in [-0.15, -0.1) is 0 Å². The van der Waals surface area contributed by atoms with Gasteiger partial charge in [-0.1, -0.05) is 0 Å². The molecular weight excluding hydrogens is 388 g/mol. The second-order valence-corrected chi connectivity index (χ2v) is 4.56. The monoisotopic (exact) mass is 395 g/mol. The molecule has 0 amide bonds. The molecule has 1 aromatic heterocycles. The van der Waals surface area contributed by atoms with Crippen LogP contribution in [0.15, 0.2) is 6.20 Å². The number of nitrogens with zero attached hydrogens (tertiary/aromatic N) is 1. The molecule has 0 spiro atoms. The number of aromatic nitrogens is 1. The molecule has 1 heterocycles. The van der Waals surface area contributed by atoms with Crippen LogP contribution >= 0.6 is 22.6 Å². The molecule has 0 aliphatic carbocycles. The van der Waals surface area contributed by atoms with Gasteiger partial charge in [-0.25, -0.2) is 8.78 Å². The number of esters is 1. The molecule has 0 radical (unpaired) electrons. The molecule has 1 rings (SSSR count). The summed E-state index contributed by atoms with van der Waals surface area (Å²) in [4.78, 5) is 14.2. The molecule has 0 fully saturated rings. The summed E-state index contributed by atoms with van der Waals surface area (Å²) in [6.07, 6.45) is -8.28. The molecule has 3 nitrogen and oxygen atoms in total. The largest absolute Gasteiger partial charge is 0.469 e. The molecule has 1 aromatic rings. The van der Waals surface area contributed by atoms with E-state index in [0.29, 0.717) is 0 Å². The van der Waals surface area contributed by atoms with Crippen LogP contribution in [-0.2, 0) is 22.1 Å². The first-order chi connectivity index (χ1) is 8.68. The summed E-state index contributed by atoms with van der Waals surface area (Å²) >= 11 is 1.50. The van der Waals surface area contributed by atoms with Crippen molar-refractivity contribution in [1.29, 1.82) is 0 Å². The first-order valence-electron chi connectivity index (χ1n) is 4.78. The van der Waals surface area contributed by atoms with Gasteiger partial charge in [-0.2, -0.15) is 13.2 Å². The van der Waals surface area contributed by atoms with Crippen molar-refractivity contribution in [2.24, 2.45) is 0 Å². The van der Waals surface area contributed by atoms with Gasteiger partial charge in [0.05, 0.1) is 19.1 Å². The molecule has 0 saturated carbocycles. The van der Waals surface area contributed by atoms with Crippen LogP contribution in [0.3, 0.4) is 0 Å². The number of carbonyl (C=O) groups excluding carboxylic acids is 1. The summed E-state index contributed by atoms with van der Waals surface area (Å²) in [7, 11) is 0.998. The lowest BCUT2D eigenvalue weighted by atomic mass is 10.0. The lowest BCUT2D eigenvalue weighted by Gasteiger charge is -2.17. The minimum Gasteiger partial charge on any atom is -0.469 e. The summed E-state index contributed by atoms with van der Waals surface area (Å²) in [6, 6.07) is 0. The lowest BCUT2D eigenvalue weighted by Crippen LogP contribution is -2.19. The molecule has 9 heteroatoms. The molecule has 0 atom stereocenters. The van der Waals surface area contributed by atoms with Crippen molar-refractivity contribution < 1.29 is 31.5 Å². The highest BCUT2D eigenvalue weighted by atomic mass is 127. The Morgan fingerprint density at radius 3 is 2.47 bits per heavy atom. The fourth-order valence-corrected chi connectivity index (χ4v) is 2.01. The summed E-state index contributed by atoms with van der Waals surface area (Å²) in [6.45, 7) is 0. The second kappa shape index (κ2) is 5.97. The summed E-state index contributed by atoms with van der Waals surface area (Å²) in [5.41, 5.74) is -3.50. The molecule has 0 saturated heterocycles. The summed E-state index contributed by atoms with van der Waals surface area (Å²) in [5.74, 6) is -0.949. The van der Waals surface area contributed by atoms with Crippen LogP contribution in [0.1, 0.15) is 23.2 Å². The number of alkyl halides is 5. The van der Waals surface area contributed by atoms with E-state index in [4.69, 9.17) is 0 Å². The third kappa shape index (κ3) is 3.74. The highest BCUT2D eigenvalue weighted by molar-refractivity contribution is 14.1. The van der Waals surface area contributed by atoms with Crippen molar-refractivity contribution in [3.05, 3.63) is 26.6 Å². The molecular formula is C10H7F5INO2. The van der Waals surface area contributed by atoms with Crippen LogP contribution in [0.4, 0.5) is 22.0 Å². The third-order valence-electron chi connectivity index (χ3n) is 2.20. The number of halogens is 6. The average molecular weight is 395 g/mol. The van der Waals surface area contributed by atoms with Gasteiger partial charge in [0.1, 0.15) is 5.69 Å². The molecule has 0 N–H and O–H groups in total. The molecule has 0 aliphatic rings. The van der Waals surface area contributed by atoms with Gasteiger partial charge in [0.25, 0.3) is 6.43 Å². The maximum atomic E-state index is 12.9. The Bertz CT molecular complexity index is 490. The van der Waals surface area contributed by atoms with Crippen molar-refractivity contribution in [2.45, 2.75) is 19.0 Å². The van der Waals surface area contributed by atoms with Crippen molar-refractivity contribution in [3.63, 3.8) is 0 Å². The van der Waals surface area contributed by atoms with Crippen molar-refractivity contribution in [3.8, 4) is 0 Å². The minimum absolute atomic E-state index is 0.0280. The van der Waals surface area contributed by atoms with Crippen molar-refractivity contribution in [2.75, 3.05) is 7.11 Å². The minimum atomic E-state index is -5.02. The van der Waals surface area contributed by atoms with E-state index in [1.807, 2.05) is 0 Å². The molecule has 106 valence electrons. The van der Waals surface area contributed by atoms with Crippen LogP contribution in [0.2, 0.25) is 0 Å². The molecule has 0 bridgehead atoms. The predicted octanol–water partition coefficient (Wildman–Crippen LogP) is 3.36. The Morgan fingerprint density at radius 2 is 2.05 bits per heavy atom. The zero-order chi connectivity index (χ0) is 14.8. The van der Waals surface area contributed by atoms with Gasteiger partial charge < -0.3 is 4.74 Å². The number of pyridine rings is 1. The number of methoxy groups -OCH3 is 1. The lowest BCUT2D eigenvalue weighted by molar-refractivity contribution is -0.142. The SMILES string of the molecule is COC(=O)Cc1c(I)cnc(C(F)F)c1C(F)(F)F. The van der Waals surface area contributed by atoms with E-state index in [9.17, 15) is 26.7 Å². The fraction of sp³-hybridized carbons (Fsp3) is 0.400. The Hall–Kier alpha value is -1.00. The molecule has 0 unspecified atom stereocenters. The van der Waals surface area contributed by atoms with Gasteiger partial charge in [-0.3, -0.25) is 9.78 Å². The van der Waals surface area contributed by atoms with Crippen LogP contribution in [-0.4, -0.2) is 18.1 Å². The number of hydrogen-bond donors (Lipinski definition) is 0. The molecule has 19 heavy (non-hydrogen) atoms. The number of hydrogen-bond acceptors (Lipinski definition) is 3. The van der Waals surface area contributed by atoms with Gasteiger partial charge in [-0.05, 0) is 28.2 Å². The quantitative estimate of drug-likeness (QED) is 0.448. The Labute approximate surface area is 118 Å². The normalized spacial score (nSPS) is 11.8. The average Bonchev–Trinajstić information content (AvgIpc) is 2.29. The van der Waals surface area contributed by atoms with Crippen LogP contribution in [0, 0.1) is 3.57 Å². The van der Waals surface area contributed by atoms with E-state index in [0.717, 1.165) is 13.3 Å². The fourth-order valence-electron chi connectivity index (χ4n) is 1.41. The zero-order valence-electron chi connectivity index (χ0n) is 9.39. The summed E-state index contributed by atoms with van der Waals surface area (Å²) in [5, 5.41) is 0. The van der Waals surface area contributed by atoms with E-state index in [-0.39, 0.29) is 3.57 Å². The zero-order valence-corrected chi connectivity index (χ0v) is 11.6. The highest BCUT2D eigenvalue weighted by Gasteiger charge is 2.40. The number of carbonyl (C=O) groups is 1.